The Kier molecular flexibility index (Phi) is 4.41. The van der Waals surface area contributed by atoms with Gasteiger partial charge in [-0.15, -0.1) is 0 Å². The van der Waals surface area contributed by atoms with Crippen LogP contribution in [0.3, 0.4) is 0 Å². The van der Waals surface area contributed by atoms with Gasteiger partial charge in [0.2, 0.25) is 5.91 Å². The van der Waals surface area contributed by atoms with Crippen molar-refractivity contribution in [3.63, 3.8) is 0 Å². The van der Waals surface area contributed by atoms with Crippen LogP contribution < -0.4 is 10.9 Å². The molecule has 0 saturated heterocycles. The zero-order chi connectivity index (χ0) is 19.1. The number of amides is 1. The second-order valence-corrected chi connectivity index (χ2v) is 7.46. The monoisotopic (exact) mass is 402 g/mol. The number of halogens is 2. The zero-order valence-corrected chi connectivity index (χ0v) is 15.6. The van der Waals surface area contributed by atoms with Crippen LogP contribution in [-0.4, -0.2) is 10.9 Å². The predicted octanol–water partition coefficient (Wildman–Crippen LogP) is 4.68. The van der Waals surface area contributed by atoms with Crippen molar-refractivity contribution in [3.05, 3.63) is 68.8 Å². The van der Waals surface area contributed by atoms with Crippen LogP contribution in [0.2, 0.25) is 5.02 Å². The largest absolute Gasteiger partial charge is 0.422 e. The lowest BCUT2D eigenvalue weighted by molar-refractivity contribution is -0.115. The topological polar surface area (TPSA) is 72.2 Å². The van der Waals surface area contributed by atoms with Crippen molar-refractivity contribution in [2.45, 2.75) is 13.3 Å². The van der Waals surface area contributed by atoms with Gasteiger partial charge in [-0.3, -0.25) is 4.79 Å². The second-order valence-electron chi connectivity index (χ2n) is 6.02. The third kappa shape index (κ3) is 3.43. The average Bonchev–Trinajstić information content (AvgIpc) is 2.97. The van der Waals surface area contributed by atoms with Gasteiger partial charge in [0.05, 0.1) is 21.7 Å². The number of nitrogens with zero attached hydrogens (tertiary/aromatic N) is 1. The molecular weight excluding hydrogens is 391 g/mol. The van der Waals surface area contributed by atoms with Gasteiger partial charge in [0.15, 0.2) is 5.13 Å². The van der Waals surface area contributed by atoms with E-state index in [1.807, 2.05) is 19.1 Å². The van der Waals surface area contributed by atoms with Crippen LogP contribution in [0.4, 0.5) is 9.52 Å². The highest BCUT2D eigenvalue weighted by Gasteiger charge is 2.14. The number of nitrogens with one attached hydrogen (secondary N) is 1. The Hall–Kier alpha value is -2.77. The summed E-state index contributed by atoms with van der Waals surface area (Å²) in [5.74, 6) is -0.877. The molecular formula is C19H12ClFN2O3S. The lowest BCUT2D eigenvalue weighted by Crippen LogP contribution is -2.15. The number of para-hydroxylation sites is 1. The van der Waals surface area contributed by atoms with E-state index in [9.17, 15) is 14.0 Å². The van der Waals surface area contributed by atoms with E-state index in [0.29, 0.717) is 31.9 Å². The van der Waals surface area contributed by atoms with E-state index in [0.717, 1.165) is 16.9 Å². The molecule has 8 heteroatoms. The number of rotatable bonds is 3. The van der Waals surface area contributed by atoms with Gasteiger partial charge < -0.3 is 9.73 Å². The third-order valence-electron chi connectivity index (χ3n) is 4.08. The van der Waals surface area contributed by atoms with Crippen LogP contribution in [0, 0.1) is 12.7 Å². The molecule has 1 N–H and O–H groups in total. The van der Waals surface area contributed by atoms with Crippen molar-refractivity contribution in [1.29, 1.82) is 0 Å². The average molecular weight is 403 g/mol. The number of hydrogen-bond donors (Lipinski definition) is 1. The fourth-order valence-corrected chi connectivity index (χ4v) is 3.90. The number of aryl methyl sites for hydroxylation is 1. The smallest absolute Gasteiger partial charge is 0.336 e. The zero-order valence-electron chi connectivity index (χ0n) is 14.0. The summed E-state index contributed by atoms with van der Waals surface area (Å²) >= 11 is 6.90. The van der Waals surface area contributed by atoms with Crippen LogP contribution >= 0.6 is 22.9 Å². The summed E-state index contributed by atoms with van der Waals surface area (Å²) < 4.78 is 19.4. The van der Waals surface area contributed by atoms with Gasteiger partial charge >= 0.3 is 5.63 Å². The molecule has 136 valence electrons. The first-order chi connectivity index (χ1) is 12.9. The van der Waals surface area contributed by atoms with Crippen molar-refractivity contribution in [3.8, 4) is 0 Å². The Balaban J connectivity index is 1.63. The van der Waals surface area contributed by atoms with Crippen molar-refractivity contribution in [1.82, 2.24) is 4.98 Å². The molecule has 5 nitrogen and oxygen atoms in total. The van der Waals surface area contributed by atoms with E-state index in [-0.39, 0.29) is 17.4 Å². The van der Waals surface area contributed by atoms with Gasteiger partial charge in [0.25, 0.3) is 0 Å². The molecule has 0 saturated carbocycles. The van der Waals surface area contributed by atoms with Crippen molar-refractivity contribution < 1.29 is 13.6 Å². The van der Waals surface area contributed by atoms with E-state index >= 15 is 0 Å². The molecule has 2 aromatic carbocycles. The van der Waals surface area contributed by atoms with Gasteiger partial charge in [0, 0.05) is 11.5 Å². The maximum atomic E-state index is 13.5. The molecule has 2 aromatic heterocycles. The minimum atomic E-state index is -0.538. The number of benzene rings is 2. The number of carbonyl (C=O) groups excluding carboxylic acids is 1. The first kappa shape index (κ1) is 17.6. The summed E-state index contributed by atoms with van der Waals surface area (Å²) in [6.07, 6.45) is -0.0173. The van der Waals surface area contributed by atoms with Gasteiger partial charge in [-0.05, 0) is 30.2 Å². The van der Waals surface area contributed by atoms with E-state index < -0.39 is 11.4 Å². The van der Waals surface area contributed by atoms with Gasteiger partial charge in [-0.1, -0.05) is 41.1 Å². The van der Waals surface area contributed by atoms with Crippen molar-refractivity contribution >= 4 is 55.2 Å². The molecule has 27 heavy (non-hydrogen) atoms. The molecule has 4 rings (SSSR count). The summed E-state index contributed by atoms with van der Waals surface area (Å²) in [5, 5.41) is 3.71. The SMILES string of the molecule is Cc1cccc2c(CC(=O)Nc3nc4cc(Cl)c(F)cc4s3)cc(=O)oc12. The summed E-state index contributed by atoms with van der Waals surface area (Å²) in [5.41, 5.74) is 1.85. The molecule has 4 aromatic rings. The highest BCUT2D eigenvalue weighted by molar-refractivity contribution is 7.22. The summed E-state index contributed by atoms with van der Waals surface area (Å²) in [6, 6.07) is 9.48. The number of thiazole rings is 1. The Bertz CT molecular complexity index is 1230. The van der Waals surface area contributed by atoms with E-state index in [4.69, 9.17) is 16.0 Å². The first-order valence-electron chi connectivity index (χ1n) is 7.98. The van der Waals surface area contributed by atoms with Crippen LogP contribution in [0.25, 0.3) is 21.2 Å². The fraction of sp³-hybridized carbons (Fsp3) is 0.105. The molecule has 0 atom stereocenters. The fourth-order valence-electron chi connectivity index (χ4n) is 2.85. The number of fused-ring (bicyclic) bond motifs is 2. The molecule has 0 aliphatic carbocycles. The lowest BCUT2D eigenvalue weighted by atomic mass is 10.0. The Labute approximate surface area is 161 Å². The first-order valence-corrected chi connectivity index (χ1v) is 9.18. The maximum absolute atomic E-state index is 13.5. The van der Waals surface area contributed by atoms with Crippen LogP contribution in [0.15, 0.2) is 45.6 Å². The number of hydrogen-bond acceptors (Lipinski definition) is 5. The standard InChI is InChI=1S/C19H12ClFN2O3S/c1-9-3-2-4-11-10(6-17(25)26-18(9)11)5-16(24)23-19-22-14-7-12(20)13(21)8-15(14)27-19/h2-4,6-8H,5H2,1H3,(H,22,23,24). The van der Waals surface area contributed by atoms with E-state index in [1.165, 1.54) is 18.2 Å². The molecule has 1 amide bonds. The predicted molar refractivity (Wildman–Crippen MR) is 104 cm³/mol. The Morgan fingerprint density at radius 3 is 2.96 bits per heavy atom. The molecule has 0 aliphatic rings. The second kappa shape index (κ2) is 6.75. The molecule has 0 bridgehead atoms. The Morgan fingerprint density at radius 1 is 1.33 bits per heavy atom. The molecule has 0 aliphatic heterocycles. The van der Waals surface area contributed by atoms with Gasteiger partial charge in [-0.2, -0.15) is 0 Å². The highest BCUT2D eigenvalue weighted by Crippen LogP contribution is 2.30. The van der Waals surface area contributed by atoms with E-state index in [1.54, 1.807) is 6.07 Å². The summed E-state index contributed by atoms with van der Waals surface area (Å²) in [4.78, 5) is 28.5. The lowest BCUT2D eigenvalue weighted by Gasteiger charge is -2.06. The van der Waals surface area contributed by atoms with Gasteiger partial charge in [0.1, 0.15) is 11.4 Å². The van der Waals surface area contributed by atoms with Crippen LogP contribution in [0.1, 0.15) is 11.1 Å². The molecule has 2 heterocycles. The molecule has 0 spiro atoms. The molecule has 0 unspecified atom stereocenters. The molecule has 0 fully saturated rings. The highest BCUT2D eigenvalue weighted by atomic mass is 35.5. The number of aromatic nitrogens is 1. The van der Waals surface area contributed by atoms with Crippen molar-refractivity contribution in [2.75, 3.05) is 5.32 Å². The summed E-state index contributed by atoms with van der Waals surface area (Å²) in [6.45, 7) is 1.83. The summed E-state index contributed by atoms with van der Waals surface area (Å²) in [7, 11) is 0. The molecule has 0 radical (unpaired) electrons. The van der Waals surface area contributed by atoms with Crippen LogP contribution in [-0.2, 0) is 11.2 Å². The quantitative estimate of drug-likeness (QED) is 0.505. The maximum Gasteiger partial charge on any atom is 0.336 e. The minimum Gasteiger partial charge on any atom is -0.422 e. The third-order valence-corrected chi connectivity index (χ3v) is 5.30. The van der Waals surface area contributed by atoms with Crippen LogP contribution in [0.5, 0.6) is 0 Å². The van der Waals surface area contributed by atoms with Gasteiger partial charge in [-0.25, -0.2) is 14.2 Å². The number of carbonyl (C=O) groups is 1. The number of anilines is 1. The van der Waals surface area contributed by atoms with E-state index in [2.05, 4.69) is 10.3 Å². The normalized spacial score (nSPS) is 11.2. The minimum absolute atomic E-state index is 0.0173. The van der Waals surface area contributed by atoms with Crippen molar-refractivity contribution in [2.24, 2.45) is 0 Å². The Morgan fingerprint density at radius 2 is 2.15 bits per heavy atom.